The van der Waals surface area contributed by atoms with Crippen molar-refractivity contribution < 1.29 is 23.6 Å². The fourth-order valence-corrected chi connectivity index (χ4v) is 2.70. The van der Waals surface area contributed by atoms with Gasteiger partial charge in [-0.15, -0.1) is 0 Å². The molecule has 2 heterocycles. The van der Waals surface area contributed by atoms with Gasteiger partial charge in [0.2, 0.25) is 11.8 Å². The van der Waals surface area contributed by atoms with Crippen LogP contribution in [0.25, 0.3) is 0 Å². The number of nitrogens with two attached hydrogens (primary N) is 1. The van der Waals surface area contributed by atoms with Gasteiger partial charge in [-0.1, -0.05) is 0 Å². The third-order valence-corrected chi connectivity index (χ3v) is 4.11. The molecule has 1 aromatic heterocycles. The third kappa shape index (κ3) is 4.32. The molecule has 5 amide bonds. The third-order valence-electron chi connectivity index (χ3n) is 4.11. The summed E-state index contributed by atoms with van der Waals surface area (Å²) in [5, 5.41) is 5.23. The number of imide groups is 1. The zero-order valence-electron chi connectivity index (χ0n) is 14.3. The standard InChI is InChI=1S/C18H18N4O5/c19-16(24)11-3-5-12(6-4-11)20-15(23)8-7-14-17(25)22(18(26)21-14)10-13-2-1-9-27-13/h1-6,9,14H,7-8,10H2,(H2,19,24)(H,20,23)(H,21,26). The van der Waals surface area contributed by atoms with Crippen molar-refractivity contribution in [1.29, 1.82) is 0 Å². The number of furan rings is 1. The number of anilines is 1. The first kappa shape index (κ1) is 18.2. The normalized spacial score (nSPS) is 16.3. The molecule has 0 spiro atoms. The van der Waals surface area contributed by atoms with E-state index >= 15 is 0 Å². The predicted octanol–water partition coefficient (Wildman–Crippen LogP) is 1.22. The van der Waals surface area contributed by atoms with Crippen LogP contribution in [-0.2, 0) is 16.1 Å². The van der Waals surface area contributed by atoms with Crippen molar-refractivity contribution in [2.24, 2.45) is 5.73 Å². The molecule has 1 fully saturated rings. The van der Waals surface area contributed by atoms with Crippen molar-refractivity contribution in [3.63, 3.8) is 0 Å². The lowest BCUT2D eigenvalue weighted by Gasteiger charge is -2.11. The van der Waals surface area contributed by atoms with E-state index in [-0.39, 0.29) is 25.3 Å². The highest BCUT2D eigenvalue weighted by Gasteiger charge is 2.38. The van der Waals surface area contributed by atoms with Crippen molar-refractivity contribution in [1.82, 2.24) is 10.2 Å². The maximum Gasteiger partial charge on any atom is 0.325 e. The van der Waals surface area contributed by atoms with E-state index in [1.165, 1.54) is 18.4 Å². The Bertz CT molecular complexity index is 860. The Morgan fingerprint density at radius 2 is 1.93 bits per heavy atom. The molecule has 140 valence electrons. The van der Waals surface area contributed by atoms with E-state index in [2.05, 4.69) is 10.6 Å². The van der Waals surface area contributed by atoms with Gasteiger partial charge in [0.05, 0.1) is 12.8 Å². The van der Waals surface area contributed by atoms with Crippen LogP contribution in [0.15, 0.2) is 47.1 Å². The van der Waals surface area contributed by atoms with E-state index in [0.717, 1.165) is 4.90 Å². The molecule has 0 bridgehead atoms. The van der Waals surface area contributed by atoms with Crippen LogP contribution < -0.4 is 16.4 Å². The van der Waals surface area contributed by atoms with Gasteiger partial charge >= 0.3 is 6.03 Å². The summed E-state index contributed by atoms with van der Waals surface area (Å²) in [6.07, 6.45) is 1.68. The molecule has 1 aliphatic heterocycles. The molecule has 2 aromatic rings. The number of hydrogen-bond donors (Lipinski definition) is 3. The molecule has 9 heteroatoms. The number of hydrogen-bond acceptors (Lipinski definition) is 5. The molecule has 1 aromatic carbocycles. The molecule has 0 aliphatic carbocycles. The molecule has 1 aliphatic rings. The van der Waals surface area contributed by atoms with Crippen LogP contribution in [-0.4, -0.2) is 34.7 Å². The molecule has 1 saturated heterocycles. The van der Waals surface area contributed by atoms with Crippen LogP contribution in [0.1, 0.15) is 29.0 Å². The Morgan fingerprint density at radius 1 is 1.19 bits per heavy atom. The largest absolute Gasteiger partial charge is 0.467 e. The zero-order valence-corrected chi connectivity index (χ0v) is 14.3. The minimum atomic E-state index is -0.754. The summed E-state index contributed by atoms with van der Waals surface area (Å²) in [4.78, 5) is 48.4. The number of primary amides is 1. The number of rotatable bonds is 7. The number of carbonyl (C=O) groups is 4. The average molecular weight is 370 g/mol. The fourth-order valence-electron chi connectivity index (χ4n) is 2.70. The van der Waals surface area contributed by atoms with Crippen LogP contribution in [0.2, 0.25) is 0 Å². The summed E-state index contributed by atoms with van der Waals surface area (Å²) in [7, 11) is 0. The zero-order chi connectivity index (χ0) is 19.4. The Balaban J connectivity index is 1.50. The maximum atomic E-state index is 12.3. The smallest absolute Gasteiger partial charge is 0.325 e. The number of urea groups is 1. The van der Waals surface area contributed by atoms with E-state index in [9.17, 15) is 19.2 Å². The number of carbonyl (C=O) groups excluding carboxylic acids is 4. The topological polar surface area (TPSA) is 135 Å². The fraction of sp³-hybridized carbons (Fsp3) is 0.222. The molecule has 1 atom stereocenters. The first-order valence-electron chi connectivity index (χ1n) is 8.28. The number of nitrogens with zero attached hydrogens (tertiary/aromatic N) is 1. The minimum Gasteiger partial charge on any atom is -0.467 e. The monoisotopic (exact) mass is 370 g/mol. The van der Waals surface area contributed by atoms with Gasteiger partial charge < -0.3 is 20.8 Å². The average Bonchev–Trinajstić information content (AvgIpc) is 3.24. The lowest BCUT2D eigenvalue weighted by Crippen LogP contribution is -2.31. The van der Waals surface area contributed by atoms with E-state index in [4.69, 9.17) is 10.2 Å². The predicted molar refractivity (Wildman–Crippen MR) is 94.4 cm³/mol. The molecule has 27 heavy (non-hydrogen) atoms. The first-order chi connectivity index (χ1) is 12.9. The summed E-state index contributed by atoms with van der Waals surface area (Å²) < 4.78 is 5.15. The molecule has 9 nitrogen and oxygen atoms in total. The van der Waals surface area contributed by atoms with Crippen LogP contribution in [0.4, 0.5) is 10.5 Å². The Labute approximate surface area is 154 Å². The van der Waals surface area contributed by atoms with Gasteiger partial charge in [0.15, 0.2) is 0 Å². The quantitative estimate of drug-likeness (QED) is 0.630. The lowest BCUT2D eigenvalue weighted by atomic mass is 10.1. The molecule has 3 rings (SSSR count). The summed E-state index contributed by atoms with van der Waals surface area (Å²) in [5.74, 6) is -0.762. The number of amides is 5. The van der Waals surface area contributed by atoms with Gasteiger partial charge in [0, 0.05) is 17.7 Å². The van der Waals surface area contributed by atoms with Gasteiger partial charge in [-0.2, -0.15) is 0 Å². The van der Waals surface area contributed by atoms with Crippen molar-refractivity contribution in [2.45, 2.75) is 25.4 Å². The maximum absolute atomic E-state index is 12.3. The van der Waals surface area contributed by atoms with E-state index < -0.39 is 23.9 Å². The van der Waals surface area contributed by atoms with Crippen molar-refractivity contribution in [3.05, 3.63) is 54.0 Å². The van der Waals surface area contributed by atoms with Crippen molar-refractivity contribution in [2.75, 3.05) is 5.32 Å². The first-order valence-corrected chi connectivity index (χ1v) is 8.28. The van der Waals surface area contributed by atoms with Gasteiger partial charge in [-0.25, -0.2) is 4.79 Å². The summed E-state index contributed by atoms with van der Waals surface area (Å²) >= 11 is 0. The molecule has 0 saturated carbocycles. The Kier molecular flexibility index (Phi) is 5.20. The molecule has 4 N–H and O–H groups in total. The van der Waals surface area contributed by atoms with Gasteiger partial charge in [0.1, 0.15) is 11.8 Å². The van der Waals surface area contributed by atoms with Crippen molar-refractivity contribution in [3.8, 4) is 0 Å². The molecular weight excluding hydrogens is 352 g/mol. The second-order valence-electron chi connectivity index (χ2n) is 6.03. The lowest BCUT2D eigenvalue weighted by molar-refractivity contribution is -0.128. The van der Waals surface area contributed by atoms with Crippen molar-refractivity contribution >= 4 is 29.4 Å². The van der Waals surface area contributed by atoms with Crippen LogP contribution in [0.5, 0.6) is 0 Å². The summed E-state index contributed by atoms with van der Waals surface area (Å²) in [6, 6.07) is 8.21. The van der Waals surface area contributed by atoms with E-state index in [1.807, 2.05) is 0 Å². The van der Waals surface area contributed by atoms with Crippen LogP contribution in [0.3, 0.4) is 0 Å². The van der Waals surface area contributed by atoms with E-state index in [0.29, 0.717) is 17.0 Å². The Morgan fingerprint density at radius 3 is 2.56 bits per heavy atom. The Hall–Kier alpha value is -3.62. The van der Waals surface area contributed by atoms with Gasteiger partial charge in [0.25, 0.3) is 5.91 Å². The second-order valence-corrected chi connectivity index (χ2v) is 6.03. The van der Waals surface area contributed by atoms with E-state index in [1.54, 1.807) is 24.3 Å². The highest BCUT2D eigenvalue weighted by atomic mass is 16.3. The molecular formula is C18H18N4O5. The van der Waals surface area contributed by atoms with Gasteiger partial charge in [-0.05, 0) is 42.8 Å². The number of nitrogens with one attached hydrogen (secondary N) is 2. The molecule has 1 unspecified atom stereocenters. The SMILES string of the molecule is NC(=O)c1ccc(NC(=O)CCC2NC(=O)N(Cc3ccco3)C2=O)cc1. The van der Waals surface area contributed by atoms with Gasteiger partial charge in [-0.3, -0.25) is 19.3 Å². The van der Waals surface area contributed by atoms with Crippen LogP contribution >= 0.6 is 0 Å². The highest BCUT2D eigenvalue weighted by Crippen LogP contribution is 2.16. The number of benzene rings is 1. The highest BCUT2D eigenvalue weighted by molar-refractivity contribution is 6.04. The minimum absolute atomic E-state index is 0.0445. The molecule has 0 radical (unpaired) electrons. The summed E-state index contributed by atoms with van der Waals surface area (Å²) in [6.45, 7) is 0.0482. The summed E-state index contributed by atoms with van der Waals surface area (Å²) in [5.41, 5.74) is 6.00. The second kappa shape index (κ2) is 7.73. The van der Waals surface area contributed by atoms with Crippen LogP contribution in [0, 0.1) is 0 Å².